The van der Waals surface area contributed by atoms with Crippen molar-refractivity contribution in [2.75, 3.05) is 19.8 Å². The number of carbonyl (C=O) groups is 2. The van der Waals surface area contributed by atoms with Crippen LogP contribution in [0, 0.1) is 0 Å². The first-order valence-electron chi connectivity index (χ1n) is 8.36. The van der Waals surface area contributed by atoms with Crippen molar-refractivity contribution >= 4 is 35.0 Å². The van der Waals surface area contributed by atoms with Gasteiger partial charge in [0.2, 0.25) is 5.91 Å². The molecule has 0 bridgehead atoms. The predicted octanol–water partition coefficient (Wildman–Crippen LogP) is 1.22. The van der Waals surface area contributed by atoms with Crippen LogP contribution in [-0.4, -0.2) is 59.7 Å². The van der Waals surface area contributed by atoms with Crippen molar-refractivity contribution in [3.63, 3.8) is 0 Å². The SMILES string of the molecule is O=C(O)CC1SC(=NN=Cc2cccc(OCCC3OCCO3)c2)NC1=O. The minimum absolute atomic E-state index is 0.199. The van der Waals surface area contributed by atoms with Crippen LogP contribution in [0.25, 0.3) is 0 Å². The summed E-state index contributed by atoms with van der Waals surface area (Å²) in [6.07, 6.45) is 1.73. The van der Waals surface area contributed by atoms with Gasteiger partial charge < -0.3 is 24.6 Å². The van der Waals surface area contributed by atoms with E-state index in [9.17, 15) is 9.59 Å². The Hall–Kier alpha value is -2.43. The molecular weight excluding hydrogens is 374 g/mol. The van der Waals surface area contributed by atoms with Crippen molar-refractivity contribution in [1.29, 1.82) is 0 Å². The van der Waals surface area contributed by atoms with E-state index in [4.69, 9.17) is 19.3 Å². The quantitative estimate of drug-likeness (QED) is 0.503. The van der Waals surface area contributed by atoms with Crippen LogP contribution < -0.4 is 10.1 Å². The first-order valence-corrected chi connectivity index (χ1v) is 9.24. The number of hydrogen-bond donors (Lipinski definition) is 2. The summed E-state index contributed by atoms with van der Waals surface area (Å²) in [6.45, 7) is 1.71. The number of aliphatic carboxylic acids is 1. The monoisotopic (exact) mass is 393 g/mol. The molecule has 0 aromatic heterocycles. The van der Waals surface area contributed by atoms with Crippen LogP contribution in [0.3, 0.4) is 0 Å². The van der Waals surface area contributed by atoms with Gasteiger partial charge in [-0.1, -0.05) is 23.9 Å². The third kappa shape index (κ3) is 6.05. The number of hydrogen-bond acceptors (Lipinski definition) is 8. The average Bonchev–Trinajstić information content (AvgIpc) is 3.25. The molecule has 2 aliphatic rings. The molecule has 0 radical (unpaired) electrons. The molecular formula is C17H19N3O6S. The van der Waals surface area contributed by atoms with Crippen LogP contribution in [0.4, 0.5) is 0 Å². The van der Waals surface area contributed by atoms with Crippen LogP contribution in [0.1, 0.15) is 18.4 Å². The fourth-order valence-corrected chi connectivity index (χ4v) is 3.34. The van der Waals surface area contributed by atoms with E-state index in [2.05, 4.69) is 15.5 Å². The molecule has 1 unspecified atom stereocenters. The Labute approximate surface area is 159 Å². The summed E-state index contributed by atoms with van der Waals surface area (Å²) in [6, 6.07) is 7.32. The van der Waals surface area contributed by atoms with E-state index >= 15 is 0 Å². The van der Waals surface area contributed by atoms with Crippen LogP contribution in [-0.2, 0) is 19.1 Å². The van der Waals surface area contributed by atoms with Crippen molar-refractivity contribution in [3.8, 4) is 5.75 Å². The van der Waals surface area contributed by atoms with E-state index in [1.165, 1.54) is 6.21 Å². The van der Waals surface area contributed by atoms with Crippen LogP contribution in [0.5, 0.6) is 5.75 Å². The van der Waals surface area contributed by atoms with E-state index in [-0.39, 0.29) is 23.8 Å². The number of nitrogens with one attached hydrogen (secondary N) is 1. The molecule has 10 heteroatoms. The molecule has 1 aromatic carbocycles. The average molecular weight is 393 g/mol. The Bertz CT molecular complexity index is 748. The standard InChI is InChI=1S/C17H19N3O6S/c21-14(22)9-13-16(23)19-17(27-13)20-18-10-11-2-1-3-12(8-11)24-5-4-15-25-6-7-26-15/h1-3,8,10,13,15H,4-7,9H2,(H,21,22)(H,19,20,23). The largest absolute Gasteiger partial charge is 0.493 e. The molecule has 2 N–H and O–H groups in total. The third-order valence-corrected chi connectivity index (χ3v) is 4.74. The Morgan fingerprint density at radius 3 is 3.00 bits per heavy atom. The van der Waals surface area contributed by atoms with E-state index in [1.54, 1.807) is 0 Å². The van der Waals surface area contributed by atoms with Gasteiger partial charge in [0.05, 0.1) is 32.5 Å². The normalized spacial score (nSPS) is 21.9. The van der Waals surface area contributed by atoms with Crippen LogP contribution in [0.15, 0.2) is 34.5 Å². The number of carboxylic acid groups (broad SMARTS) is 1. The van der Waals surface area contributed by atoms with Gasteiger partial charge in [0.25, 0.3) is 0 Å². The number of nitrogens with zero attached hydrogens (tertiary/aromatic N) is 2. The molecule has 2 saturated heterocycles. The fraction of sp³-hybridized carbons (Fsp3) is 0.412. The second-order valence-corrected chi connectivity index (χ2v) is 6.92. The van der Waals surface area contributed by atoms with Gasteiger partial charge in [0, 0.05) is 6.42 Å². The highest BCUT2D eigenvalue weighted by Crippen LogP contribution is 2.22. The molecule has 2 heterocycles. The lowest BCUT2D eigenvalue weighted by Gasteiger charge is -2.10. The van der Waals surface area contributed by atoms with Crippen molar-refractivity contribution in [2.24, 2.45) is 10.2 Å². The molecule has 3 rings (SSSR count). The molecule has 144 valence electrons. The molecule has 0 aliphatic carbocycles. The molecule has 0 saturated carbocycles. The molecule has 1 amide bonds. The van der Waals surface area contributed by atoms with Crippen LogP contribution in [0.2, 0.25) is 0 Å². The molecule has 2 fully saturated rings. The molecule has 0 spiro atoms. The van der Waals surface area contributed by atoms with Gasteiger partial charge in [0.1, 0.15) is 11.0 Å². The third-order valence-electron chi connectivity index (χ3n) is 3.66. The summed E-state index contributed by atoms with van der Waals surface area (Å²) in [5.41, 5.74) is 0.779. The van der Waals surface area contributed by atoms with Crippen molar-refractivity contribution in [1.82, 2.24) is 5.32 Å². The van der Waals surface area contributed by atoms with E-state index in [0.717, 1.165) is 17.3 Å². The number of ether oxygens (including phenoxy) is 3. The summed E-state index contributed by atoms with van der Waals surface area (Å²) in [4.78, 5) is 22.3. The number of amides is 1. The lowest BCUT2D eigenvalue weighted by atomic mass is 10.2. The molecule has 2 aliphatic heterocycles. The Morgan fingerprint density at radius 1 is 1.41 bits per heavy atom. The molecule has 9 nitrogen and oxygen atoms in total. The zero-order valence-corrected chi connectivity index (χ0v) is 15.2. The van der Waals surface area contributed by atoms with Crippen molar-refractivity contribution in [2.45, 2.75) is 24.4 Å². The highest BCUT2D eigenvalue weighted by atomic mass is 32.2. The van der Waals surface area contributed by atoms with Gasteiger partial charge in [-0.25, -0.2) is 0 Å². The lowest BCUT2D eigenvalue weighted by Crippen LogP contribution is -2.26. The zero-order chi connectivity index (χ0) is 19.1. The number of carbonyl (C=O) groups excluding carboxylic acids is 1. The highest BCUT2D eigenvalue weighted by Gasteiger charge is 2.32. The minimum atomic E-state index is -1.03. The zero-order valence-electron chi connectivity index (χ0n) is 14.4. The number of rotatable bonds is 8. The Balaban J connectivity index is 1.50. The molecule has 1 atom stereocenters. The maximum absolute atomic E-state index is 11.6. The van der Waals surface area contributed by atoms with Crippen LogP contribution >= 0.6 is 11.8 Å². The van der Waals surface area contributed by atoms with E-state index in [0.29, 0.717) is 32.0 Å². The maximum atomic E-state index is 11.6. The van der Waals surface area contributed by atoms with Gasteiger partial charge in [-0.3, -0.25) is 9.59 Å². The van der Waals surface area contributed by atoms with Crippen molar-refractivity contribution < 1.29 is 28.9 Å². The van der Waals surface area contributed by atoms with Gasteiger partial charge in [-0.05, 0) is 17.7 Å². The first-order chi connectivity index (χ1) is 13.1. The summed E-state index contributed by atoms with van der Waals surface area (Å²) in [5.74, 6) is -0.716. The Kier molecular flexibility index (Phi) is 6.80. The second kappa shape index (κ2) is 9.49. The smallest absolute Gasteiger partial charge is 0.305 e. The lowest BCUT2D eigenvalue weighted by molar-refractivity contribution is -0.138. The highest BCUT2D eigenvalue weighted by molar-refractivity contribution is 8.15. The van der Waals surface area contributed by atoms with Gasteiger partial charge in [0.15, 0.2) is 11.5 Å². The number of amidine groups is 1. The summed E-state index contributed by atoms with van der Waals surface area (Å²) in [7, 11) is 0. The molecule has 1 aromatic rings. The summed E-state index contributed by atoms with van der Waals surface area (Å²) < 4.78 is 16.4. The summed E-state index contributed by atoms with van der Waals surface area (Å²) in [5, 5.41) is 18.7. The summed E-state index contributed by atoms with van der Waals surface area (Å²) >= 11 is 1.05. The fourth-order valence-electron chi connectivity index (χ4n) is 2.42. The minimum Gasteiger partial charge on any atom is -0.493 e. The first kappa shape index (κ1) is 19.3. The number of thioether (sulfide) groups is 1. The topological polar surface area (TPSA) is 119 Å². The van der Waals surface area contributed by atoms with Gasteiger partial charge in [-0.15, -0.1) is 5.10 Å². The number of benzene rings is 1. The van der Waals surface area contributed by atoms with Crippen molar-refractivity contribution in [3.05, 3.63) is 29.8 Å². The van der Waals surface area contributed by atoms with Gasteiger partial charge >= 0.3 is 5.97 Å². The second-order valence-electron chi connectivity index (χ2n) is 5.72. The number of carboxylic acids is 1. The Morgan fingerprint density at radius 2 is 2.22 bits per heavy atom. The van der Waals surface area contributed by atoms with Gasteiger partial charge in [-0.2, -0.15) is 5.10 Å². The van der Waals surface area contributed by atoms with E-state index < -0.39 is 11.2 Å². The molecule has 27 heavy (non-hydrogen) atoms. The van der Waals surface area contributed by atoms with E-state index in [1.807, 2.05) is 24.3 Å². The predicted molar refractivity (Wildman–Crippen MR) is 99.0 cm³/mol. The maximum Gasteiger partial charge on any atom is 0.305 e.